The Morgan fingerprint density at radius 2 is 1.88 bits per heavy atom. The van der Waals surface area contributed by atoms with Gasteiger partial charge < -0.3 is 4.81 Å². The molecular weight excluding hydrogens is 322 g/mol. The highest BCUT2D eigenvalue weighted by atomic mass is 31.1. The molecule has 0 spiro atoms. The highest BCUT2D eigenvalue weighted by Crippen LogP contribution is 2.44. The van der Waals surface area contributed by atoms with Crippen LogP contribution in [0.25, 0.3) is 0 Å². The number of rotatable bonds is 6. The molecular formula is C21H38BN2P. The fourth-order valence-electron chi connectivity index (χ4n) is 4.01. The molecule has 1 aromatic carbocycles. The highest BCUT2D eigenvalue weighted by molar-refractivity contribution is 7.71. The molecule has 2 rings (SSSR count). The third kappa shape index (κ3) is 4.88. The molecule has 0 N–H and O–H groups in total. The molecule has 0 saturated carbocycles. The summed E-state index contributed by atoms with van der Waals surface area (Å²) in [6.45, 7) is 19.1. The van der Waals surface area contributed by atoms with Crippen molar-refractivity contribution in [3.05, 3.63) is 35.9 Å². The molecule has 1 fully saturated rings. The Morgan fingerprint density at radius 1 is 1.28 bits per heavy atom. The average Bonchev–Trinajstić information content (AvgIpc) is 2.51. The van der Waals surface area contributed by atoms with Gasteiger partial charge in [0.25, 0.3) is 0 Å². The van der Waals surface area contributed by atoms with Gasteiger partial charge in [-0.05, 0) is 41.6 Å². The van der Waals surface area contributed by atoms with Crippen LogP contribution in [-0.2, 0) is 0 Å². The first kappa shape index (κ1) is 20.9. The first-order valence-electron chi connectivity index (χ1n) is 9.76. The van der Waals surface area contributed by atoms with Crippen LogP contribution < -0.4 is 0 Å². The van der Waals surface area contributed by atoms with E-state index in [0.29, 0.717) is 17.4 Å². The van der Waals surface area contributed by atoms with Gasteiger partial charge in [0.05, 0.1) is 0 Å². The molecule has 1 aromatic rings. The van der Waals surface area contributed by atoms with Crippen molar-refractivity contribution in [2.45, 2.75) is 60.2 Å². The van der Waals surface area contributed by atoms with E-state index in [-0.39, 0.29) is 5.41 Å². The molecule has 3 atom stereocenters. The summed E-state index contributed by atoms with van der Waals surface area (Å²) >= 11 is 0. The Bertz CT molecular complexity index is 544. The molecule has 1 saturated heterocycles. The Morgan fingerprint density at radius 3 is 2.40 bits per heavy atom. The van der Waals surface area contributed by atoms with Crippen molar-refractivity contribution in [2.24, 2.45) is 16.7 Å². The second-order valence-corrected chi connectivity index (χ2v) is 11.2. The number of hydrogen-bond acceptors (Lipinski definition) is 2. The van der Waals surface area contributed by atoms with E-state index < -0.39 is 0 Å². The summed E-state index contributed by atoms with van der Waals surface area (Å²) in [7, 11) is 4.61. The topological polar surface area (TPSA) is 6.48 Å². The monoisotopic (exact) mass is 360 g/mol. The van der Waals surface area contributed by atoms with Crippen molar-refractivity contribution in [1.29, 1.82) is 0 Å². The summed E-state index contributed by atoms with van der Waals surface area (Å²) in [4.78, 5) is 5.26. The van der Waals surface area contributed by atoms with Gasteiger partial charge in [-0.1, -0.05) is 78.8 Å². The van der Waals surface area contributed by atoms with Crippen LogP contribution in [0.3, 0.4) is 0 Å². The zero-order valence-electron chi connectivity index (χ0n) is 17.6. The van der Waals surface area contributed by atoms with Gasteiger partial charge in [-0.3, -0.25) is 4.90 Å². The summed E-state index contributed by atoms with van der Waals surface area (Å²) < 4.78 is 0. The molecule has 4 heteroatoms. The van der Waals surface area contributed by atoms with E-state index >= 15 is 0 Å². The van der Waals surface area contributed by atoms with Crippen LogP contribution in [0.2, 0.25) is 0 Å². The largest absolute Gasteiger partial charge is 0.328 e. The smallest absolute Gasteiger partial charge is 0.232 e. The van der Waals surface area contributed by atoms with E-state index in [0.717, 1.165) is 20.8 Å². The second kappa shape index (κ2) is 8.11. The van der Waals surface area contributed by atoms with Crippen molar-refractivity contribution in [2.75, 3.05) is 20.3 Å². The minimum atomic E-state index is 0.219. The van der Waals surface area contributed by atoms with E-state index in [4.69, 9.17) is 0 Å². The zero-order chi connectivity index (χ0) is 18.8. The lowest BCUT2D eigenvalue weighted by atomic mass is 9.71. The van der Waals surface area contributed by atoms with E-state index in [1.165, 1.54) is 19.2 Å². The Hall–Kier alpha value is -0.365. The molecule has 25 heavy (non-hydrogen) atoms. The van der Waals surface area contributed by atoms with Crippen molar-refractivity contribution in [1.82, 2.24) is 9.71 Å². The summed E-state index contributed by atoms with van der Waals surface area (Å²) in [5.74, 6) is 0.625. The average molecular weight is 360 g/mol. The molecule has 1 aliphatic rings. The van der Waals surface area contributed by atoms with E-state index in [2.05, 4.69) is 95.6 Å². The van der Waals surface area contributed by atoms with Crippen molar-refractivity contribution < 1.29 is 0 Å². The van der Waals surface area contributed by atoms with E-state index in [9.17, 15) is 0 Å². The Balaban J connectivity index is 2.20. The minimum Gasteiger partial charge on any atom is -0.328 e. The van der Waals surface area contributed by atoms with Crippen LogP contribution in [0.5, 0.6) is 0 Å². The molecule has 2 nitrogen and oxygen atoms in total. The van der Waals surface area contributed by atoms with Crippen molar-refractivity contribution in [3.63, 3.8) is 0 Å². The lowest BCUT2D eigenvalue weighted by Gasteiger charge is -2.48. The maximum absolute atomic E-state index is 2.67. The minimum absolute atomic E-state index is 0.219. The van der Waals surface area contributed by atoms with Crippen LogP contribution in [0.1, 0.15) is 60.1 Å². The van der Waals surface area contributed by atoms with Crippen molar-refractivity contribution in [3.8, 4) is 0 Å². The molecule has 1 heterocycles. The fraction of sp³-hybridized carbons (Fsp3) is 0.714. The lowest BCUT2D eigenvalue weighted by molar-refractivity contribution is 0.0415. The van der Waals surface area contributed by atoms with Gasteiger partial charge in [0, 0.05) is 12.7 Å². The zero-order valence-corrected chi connectivity index (χ0v) is 18.6. The first-order chi connectivity index (χ1) is 11.6. The van der Waals surface area contributed by atoms with Gasteiger partial charge in [0.2, 0.25) is 7.13 Å². The normalized spacial score (nSPS) is 23.8. The third-order valence-corrected chi connectivity index (χ3v) is 8.62. The number of benzene rings is 1. The predicted octanol–water partition coefficient (Wildman–Crippen LogP) is 4.97. The SMILES string of the molecule is CC1PBN(CN(C)C(c2ccccc2)C(C)(C)C(C)C)CC1(C)C. The van der Waals surface area contributed by atoms with Gasteiger partial charge >= 0.3 is 0 Å². The van der Waals surface area contributed by atoms with Crippen LogP contribution in [-0.4, -0.2) is 42.8 Å². The van der Waals surface area contributed by atoms with Gasteiger partial charge in [-0.15, -0.1) is 8.46 Å². The van der Waals surface area contributed by atoms with Crippen LogP contribution in [0.15, 0.2) is 30.3 Å². The summed E-state index contributed by atoms with van der Waals surface area (Å²) in [6, 6.07) is 11.5. The quantitative estimate of drug-likeness (QED) is 0.522. The fourth-order valence-corrected chi connectivity index (χ4v) is 5.40. The summed E-state index contributed by atoms with van der Waals surface area (Å²) in [5, 5.41) is 0. The number of nitrogens with zero attached hydrogens (tertiary/aromatic N) is 2. The van der Waals surface area contributed by atoms with E-state index in [1.54, 1.807) is 0 Å². The van der Waals surface area contributed by atoms with Gasteiger partial charge in [0.15, 0.2) is 0 Å². The van der Waals surface area contributed by atoms with Crippen molar-refractivity contribution >= 4 is 15.6 Å². The molecule has 140 valence electrons. The van der Waals surface area contributed by atoms with Gasteiger partial charge in [0.1, 0.15) is 0 Å². The highest BCUT2D eigenvalue weighted by Gasteiger charge is 2.38. The molecule has 0 bridgehead atoms. The second-order valence-electron chi connectivity index (χ2n) is 9.59. The number of hydrogen-bond donors (Lipinski definition) is 0. The van der Waals surface area contributed by atoms with Gasteiger partial charge in [-0.25, -0.2) is 0 Å². The summed E-state index contributed by atoms with van der Waals surface area (Å²) in [6.07, 6.45) is 0. The van der Waals surface area contributed by atoms with E-state index in [1.807, 2.05) is 0 Å². The van der Waals surface area contributed by atoms with Gasteiger partial charge in [-0.2, -0.15) is 0 Å². The summed E-state index contributed by atoms with van der Waals surface area (Å²) in [5.41, 5.74) is 2.92. The van der Waals surface area contributed by atoms with Crippen LogP contribution in [0, 0.1) is 16.7 Å². The predicted molar refractivity (Wildman–Crippen MR) is 116 cm³/mol. The standard InChI is InChI=1S/C21H38BN2P/c1-16(2)21(6,7)19(18-12-10-9-11-13-18)23(8)15-24-14-20(4,5)17(3)25-22-24/h9-13,16-17,19,22,25H,14-15H2,1-8H3. The van der Waals surface area contributed by atoms with Crippen LogP contribution in [0.4, 0.5) is 0 Å². The molecule has 0 radical (unpaired) electrons. The Labute approximate surface area is 158 Å². The third-order valence-electron chi connectivity index (χ3n) is 6.60. The van der Waals surface area contributed by atoms with Crippen LogP contribution >= 0.6 is 8.46 Å². The first-order valence-corrected chi connectivity index (χ1v) is 11.0. The Kier molecular flexibility index (Phi) is 6.80. The molecule has 0 aliphatic carbocycles. The maximum Gasteiger partial charge on any atom is 0.232 e. The maximum atomic E-state index is 2.67. The molecule has 0 aromatic heterocycles. The molecule has 3 unspecified atom stereocenters. The lowest BCUT2D eigenvalue weighted by Crippen LogP contribution is -2.51. The molecule has 0 amide bonds. The molecule has 1 aliphatic heterocycles.